The van der Waals surface area contributed by atoms with Gasteiger partial charge in [0.05, 0.1) is 5.52 Å². The van der Waals surface area contributed by atoms with Crippen LogP contribution in [0.15, 0.2) is 52.9 Å². The number of halogens is 5. The van der Waals surface area contributed by atoms with Gasteiger partial charge in [-0.15, -0.1) is 5.25 Å². The molecule has 1 saturated carbocycles. The minimum Gasteiger partial charge on any atom is -0.400 e. The lowest BCUT2D eigenvalue weighted by Gasteiger charge is -2.44. The van der Waals surface area contributed by atoms with Crippen LogP contribution in [-0.2, 0) is 16.5 Å². The van der Waals surface area contributed by atoms with Crippen LogP contribution in [0.4, 0.5) is 27.6 Å². The summed E-state index contributed by atoms with van der Waals surface area (Å²) in [6.07, 6.45) is -1.35. The minimum atomic E-state index is -4.68. The maximum Gasteiger partial charge on any atom is 0.433 e. The molecule has 0 bridgehead atoms. The molecule has 2 aromatic carbocycles. The second kappa shape index (κ2) is 10.2. The van der Waals surface area contributed by atoms with E-state index in [9.17, 15) is 26.7 Å². The Morgan fingerprint density at radius 2 is 1.94 bits per heavy atom. The molecule has 4 rings (SSSR count). The van der Waals surface area contributed by atoms with Gasteiger partial charge in [0.2, 0.25) is 0 Å². The number of fused-ring (bicyclic) bond motifs is 1. The van der Waals surface area contributed by atoms with Crippen molar-refractivity contribution in [2.75, 3.05) is 0 Å². The summed E-state index contributed by atoms with van der Waals surface area (Å²) in [5.74, 6) is 2.63. The number of pyridine rings is 1. The molecule has 1 aliphatic carbocycles. The number of hydrogen-bond acceptors (Lipinski definition) is 4. The van der Waals surface area contributed by atoms with Gasteiger partial charge in [-0.2, -0.15) is 13.2 Å². The molecular formula is C26H25F5N3OS-. The lowest BCUT2D eigenvalue weighted by molar-refractivity contribution is -0.140. The van der Waals surface area contributed by atoms with Crippen LogP contribution in [0.1, 0.15) is 55.1 Å². The Bertz CT molecular complexity index is 1380. The Kier molecular flexibility index (Phi) is 7.36. The summed E-state index contributed by atoms with van der Waals surface area (Å²) >= 11 is 0. The van der Waals surface area contributed by atoms with Crippen molar-refractivity contribution in [2.24, 2.45) is 4.36 Å². The van der Waals surface area contributed by atoms with Gasteiger partial charge in [-0.3, -0.25) is 4.79 Å². The zero-order valence-corrected chi connectivity index (χ0v) is 20.4. The lowest BCUT2D eigenvalue weighted by atomic mass is 9.79. The van der Waals surface area contributed by atoms with E-state index in [2.05, 4.69) is 20.5 Å². The van der Waals surface area contributed by atoms with Crippen LogP contribution in [0.5, 0.6) is 0 Å². The number of carbonyl (C=O) groups excluding carboxylic acids is 1. The van der Waals surface area contributed by atoms with E-state index >= 15 is 0 Å². The summed E-state index contributed by atoms with van der Waals surface area (Å²) in [7, 11) is -0.970. The van der Waals surface area contributed by atoms with Gasteiger partial charge in [0.1, 0.15) is 17.3 Å². The summed E-state index contributed by atoms with van der Waals surface area (Å²) in [5.41, 5.74) is -1.48. The van der Waals surface area contributed by atoms with Crippen LogP contribution >= 0.6 is 0 Å². The van der Waals surface area contributed by atoms with Crippen LogP contribution in [0.3, 0.4) is 0 Å². The van der Waals surface area contributed by atoms with Gasteiger partial charge in [0.25, 0.3) is 5.91 Å². The Labute approximate surface area is 207 Å². The molecule has 0 saturated heterocycles. The first kappa shape index (κ1) is 26.1. The number of rotatable bonds is 5. The van der Waals surface area contributed by atoms with Gasteiger partial charge in [-0.05, 0) is 61.7 Å². The van der Waals surface area contributed by atoms with E-state index in [1.807, 2.05) is 6.92 Å². The summed E-state index contributed by atoms with van der Waals surface area (Å²) in [6.45, 7) is 1.95. The maximum atomic E-state index is 13.9. The van der Waals surface area contributed by atoms with Crippen molar-refractivity contribution in [1.29, 1.82) is 0 Å². The van der Waals surface area contributed by atoms with Crippen LogP contribution in [0.2, 0.25) is 0 Å². The summed E-state index contributed by atoms with van der Waals surface area (Å²) in [4.78, 5) is 16.5. The Balaban J connectivity index is 1.65. The fraction of sp³-hybridized carbons (Fsp3) is 0.346. The van der Waals surface area contributed by atoms with Crippen LogP contribution < -0.4 is 5.32 Å². The third-order valence-electron chi connectivity index (χ3n) is 6.58. The largest absolute Gasteiger partial charge is 0.433 e. The van der Waals surface area contributed by atoms with Gasteiger partial charge in [0.15, 0.2) is 0 Å². The monoisotopic (exact) mass is 522 g/mol. The number of nitrogens with one attached hydrogen (secondary N) is 1. The van der Waals surface area contributed by atoms with Gasteiger partial charge in [-0.25, -0.2) is 19.6 Å². The second-order valence-corrected chi connectivity index (χ2v) is 10.6. The molecule has 1 fully saturated rings. The van der Waals surface area contributed by atoms with Crippen LogP contribution in [0, 0.1) is 11.6 Å². The topological polar surface area (TPSA) is 54.4 Å². The van der Waals surface area contributed by atoms with Crippen molar-refractivity contribution in [3.05, 3.63) is 71.4 Å². The predicted octanol–water partition coefficient (Wildman–Crippen LogP) is 6.92. The molecule has 1 N–H and O–H groups in total. The standard InChI is InChI=1S/C26H25F5N3OS/c1-3-25(33-24(35)16-6-4-7-17(27)12-16)11-5-8-19(15-25)36(2)34-22-14-23(26(29,30)31)32-21-10-9-18(28)13-20(21)22/h4,6-7,9-10,12-14,19H,2-3,5,8,11,15H2,1H3,(H,33,35)/q-1. The molecule has 0 radical (unpaired) electrons. The maximum absolute atomic E-state index is 13.9. The fourth-order valence-electron chi connectivity index (χ4n) is 4.61. The van der Waals surface area contributed by atoms with E-state index in [1.54, 1.807) is 0 Å². The molecule has 1 amide bonds. The first-order chi connectivity index (χ1) is 17.0. The highest BCUT2D eigenvalue weighted by atomic mass is 32.2. The molecule has 36 heavy (non-hydrogen) atoms. The second-order valence-electron chi connectivity index (χ2n) is 9.00. The van der Waals surface area contributed by atoms with Crippen molar-refractivity contribution in [2.45, 2.75) is 56.0 Å². The highest BCUT2D eigenvalue weighted by Gasteiger charge is 2.35. The summed E-state index contributed by atoms with van der Waals surface area (Å²) < 4.78 is 72.4. The SMILES string of the molecule is C=[S-](=Nc1cc(C(F)(F)F)nc2ccc(F)cc12)C1CCCC(CC)(NC(=O)c2cccc(F)c2)C1. The predicted molar refractivity (Wildman–Crippen MR) is 132 cm³/mol. The molecule has 1 aliphatic rings. The van der Waals surface area contributed by atoms with Gasteiger partial charge < -0.3 is 20.0 Å². The van der Waals surface area contributed by atoms with E-state index in [0.29, 0.717) is 19.3 Å². The average molecular weight is 523 g/mol. The molecule has 10 heteroatoms. The van der Waals surface area contributed by atoms with Gasteiger partial charge in [-0.1, -0.05) is 25.8 Å². The smallest absolute Gasteiger partial charge is 0.400 e. The Hall–Kier alpha value is -3.01. The molecule has 1 heterocycles. The molecule has 0 aliphatic heterocycles. The number of nitrogens with zero attached hydrogens (tertiary/aromatic N) is 2. The average Bonchev–Trinajstić information content (AvgIpc) is 2.83. The van der Waals surface area contributed by atoms with Crippen molar-refractivity contribution in [3.8, 4) is 0 Å². The molecule has 2 atom stereocenters. The number of aromatic nitrogens is 1. The molecule has 3 aromatic rings. The normalized spacial score (nSPS) is 21.4. The molecule has 1 aromatic heterocycles. The number of benzene rings is 2. The van der Waals surface area contributed by atoms with Crippen molar-refractivity contribution in [3.63, 3.8) is 0 Å². The molecule has 2 unspecified atom stereocenters. The minimum absolute atomic E-state index is 0.00381. The first-order valence-electron chi connectivity index (χ1n) is 11.5. The van der Waals surface area contributed by atoms with Gasteiger partial charge >= 0.3 is 6.18 Å². The van der Waals surface area contributed by atoms with Crippen LogP contribution in [0.25, 0.3) is 10.9 Å². The Morgan fingerprint density at radius 1 is 1.19 bits per heavy atom. The first-order valence-corrected chi connectivity index (χ1v) is 12.9. The zero-order valence-electron chi connectivity index (χ0n) is 19.5. The summed E-state index contributed by atoms with van der Waals surface area (Å²) in [5, 5.41) is 3.13. The van der Waals surface area contributed by atoms with Crippen molar-refractivity contribution < 1.29 is 26.7 Å². The highest BCUT2D eigenvalue weighted by molar-refractivity contribution is 7.85. The van der Waals surface area contributed by atoms with Crippen molar-refractivity contribution >= 4 is 38.6 Å². The number of hydrogen-bond donors (Lipinski definition) is 1. The number of carbonyl (C=O) groups is 1. The van der Waals surface area contributed by atoms with Crippen molar-refractivity contribution in [1.82, 2.24) is 10.3 Å². The molecular weight excluding hydrogens is 497 g/mol. The highest BCUT2D eigenvalue weighted by Crippen LogP contribution is 2.37. The van der Waals surface area contributed by atoms with E-state index in [-0.39, 0.29) is 33.3 Å². The molecule has 0 spiro atoms. The number of amides is 1. The summed E-state index contributed by atoms with van der Waals surface area (Å²) in [6, 6.07) is 9.64. The fourth-order valence-corrected chi connectivity index (χ4v) is 6.11. The van der Waals surface area contributed by atoms with Crippen LogP contribution in [-0.4, -0.2) is 27.6 Å². The van der Waals surface area contributed by atoms with E-state index in [4.69, 9.17) is 0 Å². The van der Waals surface area contributed by atoms with Gasteiger partial charge in [0, 0.05) is 22.2 Å². The van der Waals surface area contributed by atoms with E-state index in [0.717, 1.165) is 31.0 Å². The zero-order chi connectivity index (χ0) is 26.1. The third-order valence-corrected chi connectivity index (χ3v) is 8.18. The Morgan fingerprint density at radius 3 is 2.64 bits per heavy atom. The molecule has 4 nitrogen and oxygen atoms in total. The quantitative estimate of drug-likeness (QED) is 0.225. The molecule has 192 valence electrons. The lowest BCUT2D eigenvalue weighted by Crippen LogP contribution is -2.52. The van der Waals surface area contributed by atoms with E-state index in [1.165, 1.54) is 30.3 Å². The van der Waals surface area contributed by atoms with E-state index < -0.39 is 39.3 Å². The number of alkyl halides is 3. The third kappa shape index (κ3) is 5.69.